The number of nitrogens with zero attached hydrogens (tertiary/aromatic N) is 5. The second kappa shape index (κ2) is 31.5. The molecule has 0 atom stereocenters. The Balaban J connectivity index is -0.000000428. The standard InChI is InChI=1S/C14H23N3O10.2C13H25NO3.3K/c18-10(19)5-15(1-3-16(6-11(20)21)7-12(22)23)2-4-17(8-13(24)25)9-14(26)27;2*1-11(2)7-10(15)8-12(3,4)14(11)17-9-13(5,6)16;;;/h1-9H2,(H,18,19)(H,20,21)(H,22,23)(H,24,25)(H,26,27);2*16H,7-9H2,1-6H3;;;/q;;;3*+1/p-3. The number of piperidine rings is 2. The summed E-state index contributed by atoms with van der Waals surface area (Å²) < 4.78 is 0. The summed E-state index contributed by atoms with van der Waals surface area (Å²) in [6, 6.07) is 0. The van der Waals surface area contributed by atoms with Gasteiger partial charge in [-0.2, -0.15) is 10.1 Å². The van der Waals surface area contributed by atoms with Gasteiger partial charge in [-0.05, 0) is 83.1 Å². The van der Waals surface area contributed by atoms with Crippen LogP contribution in [0, 0.1) is 0 Å². The normalized spacial score (nSPS) is 18.0. The van der Waals surface area contributed by atoms with Gasteiger partial charge in [-0.1, -0.05) is 0 Å². The molecule has 64 heavy (non-hydrogen) atoms. The molecule has 21 nitrogen and oxygen atoms in total. The smallest absolute Gasteiger partial charge is 0.549 e. The first kappa shape index (κ1) is 71.8. The fraction of sp³-hybridized carbons (Fsp3) is 0.825. The minimum atomic E-state index is -1.53. The largest absolute Gasteiger partial charge is 1.00 e. The van der Waals surface area contributed by atoms with Crippen molar-refractivity contribution in [3.05, 3.63) is 0 Å². The molecule has 2 fully saturated rings. The number of Topliss-reactive ketones (excluding diaryl/α,β-unsaturated/α-hetero) is 2. The van der Waals surface area contributed by atoms with Crippen molar-refractivity contribution in [1.82, 2.24) is 24.8 Å². The molecule has 4 N–H and O–H groups in total. The van der Waals surface area contributed by atoms with Crippen LogP contribution in [0.3, 0.4) is 0 Å². The van der Waals surface area contributed by atoms with Crippen LogP contribution >= 0.6 is 0 Å². The molecular formula is C40H70K3N5O16. The van der Waals surface area contributed by atoms with Crippen LogP contribution in [-0.4, -0.2) is 192 Å². The maximum absolute atomic E-state index is 11.7. The third-order valence-electron chi connectivity index (χ3n) is 9.05. The Labute approximate surface area is 505 Å². The van der Waals surface area contributed by atoms with Gasteiger partial charge in [0.15, 0.2) is 0 Å². The van der Waals surface area contributed by atoms with E-state index in [1.54, 1.807) is 27.7 Å². The topological polar surface area (TPSA) is 304 Å². The maximum Gasteiger partial charge on any atom is 1.00 e. The Morgan fingerprint density at radius 3 is 0.953 bits per heavy atom. The van der Waals surface area contributed by atoms with E-state index in [1.807, 2.05) is 65.5 Å². The van der Waals surface area contributed by atoms with Crippen molar-refractivity contribution in [2.45, 2.75) is 142 Å². The quantitative estimate of drug-likeness (QED) is 0.0732. The van der Waals surface area contributed by atoms with Gasteiger partial charge >= 0.3 is 166 Å². The van der Waals surface area contributed by atoms with Crippen molar-refractivity contribution in [3.63, 3.8) is 0 Å². The summed E-state index contributed by atoms with van der Waals surface area (Å²) in [7, 11) is 0. The van der Waals surface area contributed by atoms with Gasteiger partial charge in [0.1, 0.15) is 11.6 Å². The van der Waals surface area contributed by atoms with Crippen LogP contribution < -0.4 is 169 Å². The number of carbonyl (C=O) groups excluding carboxylic acids is 5. The summed E-state index contributed by atoms with van der Waals surface area (Å²) in [6.07, 6.45) is 1.95. The molecule has 2 rings (SSSR count). The Hall–Kier alpha value is 1.24. The maximum atomic E-state index is 11.7. The molecule has 0 amide bonds. The molecule has 0 aromatic heterocycles. The third kappa shape index (κ3) is 32.2. The van der Waals surface area contributed by atoms with E-state index in [4.69, 9.17) is 19.9 Å². The molecular weight excluding hydrogens is 924 g/mol. The number of rotatable bonds is 22. The second-order valence-corrected chi connectivity index (χ2v) is 19.4. The molecule has 2 aliphatic heterocycles. The molecule has 0 radical (unpaired) electrons. The molecule has 0 aliphatic carbocycles. The van der Waals surface area contributed by atoms with Crippen LogP contribution in [0.25, 0.3) is 0 Å². The zero-order chi connectivity index (χ0) is 47.9. The molecule has 0 bridgehead atoms. The first-order valence-corrected chi connectivity index (χ1v) is 19.9. The molecule has 2 saturated heterocycles. The molecule has 24 heteroatoms. The monoisotopic (exact) mass is 993 g/mol. The van der Waals surface area contributed by atoms with Crippen LogP contribution in [-0.2, 0) is 43.2 Å². The SMILES string of the molecule is CC(C)(O)CON1C(C)(C)CC(=O)CC1(C)C.CC(C)(O)CON1C(C)(C)CC(=O)CC1(C)C.O=C([O-])CN(CCN(CCN(CC(=O)[O-])CC(=O)O)CC(=O)O)CC(=O)[O-].[K+].[K+].[K+]. The number of hydroxylamine groups is 4. The van der Waals surface area contributed by atoms with E-state index in [2.05, 4.69) is 0 Å². The van der Waals surface area contributed by atoms with E-state index in [-0.39, 0.29) is 227 Å². The zero-order valence-electron chi connectivity index (χ0n) is 41.0. The molecule has 0 aromatic carbocycles. The molecule has 2 aliphatic rings. The van der Waals surface area contributed by atoms with E-state index < -0.39 is 73.8 Å². The van der Waals surface area contributed by atoms with Crippen molar-refractivity contribution >= 4 is 41.4 Å². The van der Waals surface area contributed by atoms with Crippen LogP contribution in [0.4, 0.5) is 0 Å². The van der Waals surface area contributed by atoms with Gasteiger partial charge < -0.3 is 50.1 Å². The second-order valence-electron chi connectivity index (χ2n) is 19.4. The van der Waals surface area contributed by atoms with Crippen LogP contribution in [0.2, 0.25) is 0 Å². The van der Waals surface area contributed by atoms with Gasteiger partial charge in [0, 0.05) is 93.7 Å². The number of carboxylic acids is 5. The van der Waals surface area contributed by atoms with Crippen LogP contribution in [0.5, 0.6) is 0 Å². The summed E-state index contributed by atoms with van der Waals surface area (Å²) in [5.74, 6) is -6.53. The molecule has 0 spiro atoms. The predicted octanol–water partition coefficient (Wildman–Crippen LogP) is -11.9. The number of hydrogen-bond acceptors (Lipinski definition) is 19. The van der Waals surface area contributed by atoms with Crippen molar-refractivity contribution in [2.75, 3.05) is 72.1 Å². The number of aliphatic carboxylic acids is 5. The van der Waals surface area contributed by atoms with Crippen LogP contribution in [0.1, 0.15) is 109 Å². The van der Waals surface area contributed by atoms with E-state index >= 15 is 0 Å². The summed E-state index contributed by atoms with van der Waals surface area (Å²) >= 11 is 0. The fourth-order valence-corrected chi connectivity index (χ4v) is 7.32. The number of hydrogen-bond donors (Lipinski definition) is 4. The molecule has 0 saturated carbocycles. The number of carbonyl (C=O) groups is 7. The van der Waals surface area contributed by atoms with Gasteiger partial charge in [0.2, 0.25) is 0 Å². The summed E-state index contributed by atoms with van der Waals surface area (Å²) in [5.41, 5.74) is -3.05. The number of carboxylic acid groups (broad SMARTS) is 5. The molecule has 354 valence electrons. The van der Waals surface area contributed by atoms with Gasteiger partial charge in [-0.3, -0.25) is 43.6 Å². The molecule has 0 aromatic rings. The summed E-state index contributed by atoms with van der Waals surface area (Å²) in [4.78, 5) is 91.8. The van der Waals surface area contributed by atoms with E-state index in [9.17, 15) is 59.1 Å². The van der Waals surface area contributed by atoms with Gasteiger partial charge in [0.25, 0.3) is 0 Å². The van der Waals surface area contributed by atoms with Crippen molar-refractivity contribution in [1.29, 1.82) is 0 Å². The number of aliphatic hydroxyl groups is 2. The molecule has 2 heterocycles. The average Bonchev–Trinajstić information content (AvgIpc) is 2.97. The van der Waals surface area contributed by atoms with E-state index in [1.165, 1.54) is 4.90 Å². The third-order valence-corrected chi connectivity index (χ3v) is 9.05. The Bertz CT molecular complexity index is 1350. The zero-order valence-corrected chi connectivity index (χ0v) is 50.4. The first-order chi connectivity index (χ1) is 27.4. The first-order valence-electron chi connectivity index (χ1n) is 19.9. The summed E-state index contributed by atoms with van der Waals surface area (Å²) in [6.45, 7) is 19.7. The van der Waals surface area contributed by atoms with E-state index in [0.717, 1.165) is 9.80 Å². The van der Waals surface area contributed by atoms with Crippen molar-refractivity contribution in [2.24, 2.45) is 0 Å². The minimum absolute atomic E-state index is 0. The van der Waals surface area contributed by atoms with Gasteiger partial charge in [0.05, 0.1) is 55.4 Å². The fourth-order valence-electron chi connectivity index (χ4n) is 7.32. The average molecular weight is 994 g/mol. The Morgan fingerprint density at radius 2 is 0.734 bits per heavy atom. The number of ketones is 2. The molecule has 0 unspecified atom stereocenters. The van der Waals surface area contributed by atoms with Crippen LogP contribution in [0.15, 0.2) is 0 Å². The van der Waals surface area contributed by atoms with Gasteiger partial charge in [-0.25, -0.2) is 0 Å². The Morgan fingerprint density at radius 1 is 0.516 bits per heavy atom. The predicted molar refractivity (Wildman–Crippen MR) is 213 cm³/mol. The van der Waals surface area contributed by atoms with E-state index in [0.29, 0.717) is 25.7 Å². The minimum Gasteiger partial charge on any atom is -0.549 e. The summed E-state index contributed by atoms with van der Waals surface area (Å²) in [5, 5.41) is 72.8. The Kier molecular flexibility index (Phi) is 35.4. The van der Waals surface area contributed by atoms with Crippen molar-refractivity contribution in [3.8, 4) is 0 Å². The van der Waals surface area contributed by atoms with Gasteiger partial charge in [-0.15, -0.1) is 0 Å². The van der Waals surface area contributed by atoms with Crippen molar-refractivity contribution < 1.29 is 233 Å².